The second-order valence-corrected chi connectivity index (χ2v) is 4.58. The largest absolute Gasteiger partial charge is 0.340 e. The molecule has 0 saturated carbocycles. The van der Waals surface area contributed by atoms with Gasteiger partial charge in [0.05, 0.1) is 12.3 Å². The Bertz CT molecular complexity index is 454. The molecule has 1 heterocycles. The van der Waals surface area contributed by atoms with Gasteiger partial charge in [-0.1, -0.05) is 13.8 Å². The third-order valence-corrected chi connectivity index (χ3v) is 3.36. The minimum atomic E-state index is -0.892. The maximum absolute atomic E-state index is 12.3. The predicted octanol–water partition coefficient (Wildman–Crippen LogP) is 1.71. The Hall–Kier alpha value is -1.83. The molecule has 18 heavy (non-hydrogen) atoms. The SMILES string of the molecule is CCC(C#N)(CC)C(=O)N(C)Cc1cnn(C)c1. The Morgan fingerprint density at radius 1 is 1.56 bits per heavy atom. The number of rotatable bonds is 5. The van der Waals surface area contributed by atoms with Gasteiger partial charge in [-0.05, 0) is 12.8 Å². The lowest BCUT2D eigenvalue weighted by atomic mass is 9.82. The van der Waals surface area contributed by atoms with E-state index in [0.717, 1.165) is 5.56 Å². The molecule has 0 aliphatic heterocycles. The highest BCUT2D eigenvalue weighted by atomic mass is 16.2. The van der Waals surface area contributed by atoms with E-state index in [4.69, 9.17) is 0 Å². The zero-order valence-corrected chi connectivity index (χ0v) is 11.5. The standard InChI is InChI=1S/C13H20N4O/c1-5-13(6-2,10-14)12(18)16(3)8-11-7-15-17(4)9-11/h7,9H,5-6,8H2,1-4H3. The fourth-order valence-corrected chi connectivity index (χ4v) is 2.02. The fraction of sp³-hybridized carbons (Fsp3) is 0.615. The number of aromatic nitrogens is 2. The Labute approximate surface area is 108 Å². The quantitative estimate of drug-likeness (QED) is 0.797. The van der Waals surface area contributed by atoms with E-state index < -0.39 is 5.41 Å². The van der Waals surface area contributed by atoms with Crippen molar-refractivity contribution in [1.82, 2.24) is 14.7 Å². The molecule has 98 valence electrons. The second-order valence-electron chi connectivity index (χ2n) is 4.58. The molecule has 0 bridgehead atoms. The third-order valence-electron chi connectivity index (χ3n) is 3.36. The summed E-state index contributed by atoms with van der Waals surface area (Å²) in [6.07, 6.45) is 4.68. The summed E-state index contributed by atoms with van der Waals surface area (Å²) in [6, 6.07) is 2.17. The lowest BCUT2D eigenvalue weighted by Gasteiger charge is -2.28. The van der Waals surface area contributed by atoms with E-state index in [1.165, 1.54) is 0 Å². The highest BCUT2D eigenvalue weighted by Gasteiger charge is 2.37. The predicted molar refractivity (Wildman–Crippen MR) is 68.3 cm³/mol. The van der Waals surface area contributed by atoms with Crippen LogP contribution in [0.2, 0.25) is 0 Å². The smallest absolute Gasteiger partial charge is 0.243 e. The van der Waals surface area contributed by atoms with Gasteiger partial charge >= 0.3 is 0 Å². The van der Waals surface area contributed by atoms with Crippen LogP contribution in [0, 0.1) is 16.7 Å². The lowest BCUT2D eigenvalue weighted by Crippen LogP contribution is -2.40. The molecule has 0 aliphatic rings. The lowest BCUT2D eigenvalue weighted by molar-refractivity contribution is -0.138. The topological polar surface area (TPSA) is 61.9 Å². The Balaban J connectivity index is 2.81. The summed E-state index contributed by atoms with van der Waals surface area (Å²) < 4.78 is 1.70. The van der Waals surface area contributed by atoms with Crippen LogP contribution in [0.4, 0.5) is 0 Å². The van der Waals surface area contributed by atoms with Crippen molar-refractivity contribution in [3.8, 4) is 6.07 Å². The van der Waals surface area contributed by atoms with E-state index in [-0.39, 0.29) is 5.91 Å². The average molecular weight is 248 g/mol. The van der Waals surface area contributed by atoms with E-state index >= 15 is 0 Å². The maximum atomic E-state index is 12.3. The number of nitriles is 1. The van der Waals surface area contributed by atoms with E-state index in [9.17, 15) is 10.1 Å². The van der Waals surface area contributed by atoms with Crippen molar-refractivity contribution in [2.24, 2.45) is 12.5 Å². The Morgan fingerprint density at radius 3 is 2.56 bits per heavy atom. The number of amides is 1. The van der Waals surface area contributed by atoms with Crippen LogP contribution in [0.5, 0.6) is 0 Å². The number of hydrogen-bond acceptors (Lipinski definition) is 3. The third kappa shape index (κ3) is 2.70. The Morgan fingerprint density at radius 2 is 2.17 bits per heavy atom. The summed E-state index contributed by atoms with van der Waals surface area (Å²) in [5.41, 5.74) is 0.0733. The molecule has 0 unspecified atom stereocenters. The summed E-state index contributed by atoms with van der Waals surface area (Å²) in [4.78, 5) is 14.0. The number of carbonyl (C=O) groups excluding carboxylic acids is 1. The molecule has 1 rings (SSSR count). The summed E-state index contributed by atoms with van der Waals surface area (Å²) in [5, 5.41) is 13.3. The average Bonchev–Trinajstić information content (AvgIpc) is 2.77. The monoisotopic (exact) mass is 248 g/mol. The molecule has 1 aromatic rings. The van der Waals surface area contributed by atoms with Gasteiger partial charge < -0.3 is 4.90 Å². The van der Waals surface area contributed by atoms with Gasteiger partial charge in [-0.2, -0.15) is 10.4 Å². The second kappa shape index (κ2) is 5.67. The van der Waals surface area contributed by atoms with Crippen LogP contribution in [0.1, 0.15) is 32.3 Å². The van der Waals surface area contributed by atoms with E-state index in [2.05, 4.69) is 11.2 Å². The minimum absolute atomic E-state index is 0.112. The molecule has 0 N–H and O–H groups in total. The molecule has 1 aromatic heterocycles. The first-order valence-corrected chi connectivity index (χ1v) is 6.13. The Kier molecular flexibility index (Phi) is 4.49. The first-order chi connectivity index (χ1) is 8.49. The van der Waals surface area contributed by atoms with E-state index in [0.29, 0.717) is 19.4 Å². The van der Waals surface area contributed by atoms with Gasteiger partial charge in [0.1, 0.15) is 5.41 Å². The van der Waals surface area contributed by atoms with Crippen molar-refractivity contribution < 1.29 is 4.79 Å². The molecule has 5 heteroatoms. The molecule has 5 nitrogen and oxygen atoms in total. The van der Waals surface area contributed by atoms with Crippen molar-refractivity contribution in [2.75, 3.05) is 7.05 Å². The molecular weight excluding hydrogens is 228 g/mol. The van der Waals surface area contributed by atoms with Crippen molar-refractivity contribution in [3.05, 3.63) is 18.0 Å². The minimum Gasteiger partial charge on any atom is -0.340 e. The summed E-state index contributed by atoms with van der Waals surface area (Å²) in [5.74, 6) is -0.112. The van der Waals surface area contributed by atoms with Crippen LogP contribution >= 0.6 is 0 Å². The normalized spacial score (nSPS) is 11.1. The number of aryl methyl sites for hydroxylation is 1. The van der Waals surface area contributed by atoms with Crippen LogP contribution in [-0.2, 0) is 18.4 Å². The van der Waals surface area contributed by atoms with Gasteiger partial charge in [0.2, 0.25) is 5.91 Å². The van der Waals surface area contributed by atoms with Gasteiger partial charge in [0.15, 0.2) is 0 Å². The van der Waals surface area contributed by atoms with Gasteiger partial charge in [-0.15, -0.1) is 0 Å². The number of carbonyl (C=O) groups is 1. The van der Waals surface area contributed by atoms with E-state index in [1.807, 2.05) is 27.1 Å². The van der Waals surface area contributed by atoms with Crippen molar-refractivity contribution in [1.29, 1.82) is 5.26 Å². The maximum Gasteiger partial charge on any atom is 0.243 e. The van der Waals surface area contributed by atoms with Gasteiger partial charge in [-0.25, -0.2) is 0 Å². The van der Waals surface area contributed by atoms with Crippen LogP contribution in [0.25, 0.3) is 0 Å². The highest BCUT2D eigenvalue weighted by Crippen LogP contribution is 2.28. The fourth-order valence-electron chi connectivity index (χ4n) is 2.02. The van der Waals surface area contributed by atoms with Crippen molar-refractivity contribution in [3.63, 3.8) is 0 Å². The molecule has 0 aromatic carbocycles. The van der Waals surface area contributed by atoms with Gasteiger partial charge in [-0.3, -0.25) is 9.48 Å². The number of hydrogen-bond donors (Lipinski definition) is 0. The van der Waals surface area contributed by atoms with E-state index in [1.54, 1.807) is 22.8 Å². The summed E-state index contributed by atoms with van der Waals surface area (Å²) in [6.45, 7) is 4.24. The molecule has 0 atom stereocenters. The van der Waals surface area contributed by atoms with Crippen molar-refractivity contribution >= 4 is 5.91 Å². The van der Waals surface area contributed by atoms with Crippen molar-refractivity contribution in [2.45, 2.75) is 33.2 Å². The number of nitrogens with zero attached hydrogens (tertiary/aromatic N) is 4. The first kappa shape index (κ1) is 14.2. The molecule has 0 aliphatic carbocycles. The molecular formula is C13H20N4O. The molecule has 0 spiro atoms. The van der Waals surface area contributed by atoms with Crippen LogP contribution in [-0.4, -0.2) is 27.6 Å². The van der Waals surface area contributed by atoms with Gasteiger partial charge in [0.25, 0.3) is 0 Å². The molecule has 0 fully saturated rings. The van der Waals surface area contributed by atoms with Gasteiger partial charge in [0, 0.05) is 32.4 Å². The molecule has 0 saturated heterocycles. The first-order valence-electron chi connectivity index (χ1n) is 6.13. The van der Waals surface area contributed by atoms with Crippen LogP contribution < -0.4 is 0 Å². The molecule has 1 amide bonds. The zero-order chi connectivity index (χ0) is 13.8. The summed E-state index contributed by atoms with van der Waals surface area (Å²) >= 11 is 0. The highest BCUT2D eigenvalue weighted by molar-refractivity contribution is 5.85. The zero-order valence-electron chi connectivity index (χ0n) is 11.5. The summed E-state index contributed by atoms with van der Waals surface area (Å²) in [7, 11) is 3.57. The van der Waals surface area contributed by atoms with Crippen LogP contribution in [0.3, 0.4) is 0 Å². The molecule has 0 radical (unpaired) electrons. The van der Waals surface area contributed by atoms with Crippen LogP contribution in [0.15, 0.2) is 12.4 Å².